The van der Waals surface area contributed by atoms with Crippen LogP contribution in [0, 0.1) is 0 Å². The van der Waals surface area contributed by atoms with Crippen LogP contribution in [0.4, 0.5) is 0 Å². The minimum Gasteiger partial charge on any atom is -0.339 e. The Labute approximate surface area is 122 Å². The predicted octanol–water partition coefficient (Wildman–Crippen LogP) is 2.69. The molecule has 5 heteroatoms. The quantitative estimate of drug-likeness (QED) is 0.902. The average Bonchev–Trinajstić information content (AvgIpc) is 2.39. The minimum atomic E-state index is 0. The highest BCUT2D eigenvalue weighted by Crippen LogP contribution is 2.16. The smallest absolute Gasteiger partial charge is 0.253 e. The molecule has 0 saturated carbocycles. The van der Waals surface area contributed by atoms with Crippen LogP contribution in [0.5, 0.6) is 0 Å². The number of carbonyl (C=O) groups is 1. The van der Waals surface area contributed by atoms with Crippen LogP contribution in [0.1, 0.15) is 23.2 Å². The molecule has 0 spiro atoms. The van der Waals surface area contributed by atoms with Gasteiger partial charge in [0.05, 0.1) is 0 Å². The number of nitrogens with zero attached hydrogens (tertiary/aromatic N) is 1. The van der Waals surface area contributed by atoms with E-state index in [0.717, 1.165) is 36.0 Å². The summed E-state index contributed by atoms with van der Waals surface area (Å²) in [6.45, 7) is 2.01. The molecule has 1 aromatic rings. The maximum atomic E-state index is 12.2. The molecule has 0 aromatic heterocycles. The lowest BCUT2D eigenvalue weighted by Crippen LogP contribution is -2.43. The largest absolute Gasteiger partial charge is 0.339 e. The van der Waals surface area contributed by atoms with E-state index in [1.165, 1.54) is 0 Å². The van der Waals surface area contributed by atoms with Crippen LogP contribution in [-0.4, -0.2) is 37.0 Å². The molecule has 1 fully saturated rings. The van der Waals surface area contributed by atoms with Crippen LogP contribution in [0.15, 0.2) is 28.7 Å². The van der Waals surface area contributed by atoms with Gasteiger partial charge in [-0.15, -0.1) is 12.4 Å². The van der Waals surface area contributed by atoms with E-state index < -0.39 is 0 Å². The van der Waals surface area contributed by atoms with Crippen molar-refractivity contribution >= 4 is 34.2 Å². The highest BCUT2D eigenvalue weighted by atomic mass is 79.9. The van der Waals surface area contributed by atoms with E-state index >= 15 is 0 Å². The molecule has 0 aliphatic carbocycles. The van der Waals surface area contributed by atoms with E-state index in [9.17, 15) is 4.79 Å². The lowest BCUT2D eigenvalue weighted by Gasteiger charge is -2.31. The summed E-state index contributed by atoms with van der Waals surface area (Å²) in [6.07, 6.45) is 2.08. The fourth-order valence-corrected chi connectivity index (χ4v) is 2.42. The molecule has 1 aromatic carbocycles. The maximum absolute atomic E-state index is 12.2. The maximum Gasteiger partial charge on any atom is 0.253 e. The van der Waals surface area contributed by atoms with Gasteiger partial charge in [-0.3, -0.25) is 4.79 Å². The third-order valence-corrected chi connectivity index (χ3v) is 3.80. The lowest BCUT2D eigenvalue weighted by atomic mass is 10.0. The van der Waals surface area contributed by atoms with Gasteiger partial charge in [0.15, 0.2) is 0 Å². The number of nitrogens with one attached hydrogen (secondary N) is 1. The second-order valence-corrected chi connectivity index (χ2v) is 5.32. The molecule has 100 valence electrons. The van der Waals surface area contributed by atoms with Gasteiger partial charge in [-0.2, -0.15) is 0 Å². The first-order chi connectivity index (χ1) is 8.18. The number of hydrogen-bond acceptors (Lipinski definition) is 2. The molecule has 1 heterocycles. The Hall–Kier alpha value is -0.580. The number of hydrogen-bond donors (Lipinski definition) is 1. The topological polar surface area (TPSA) is 32.3 Å². The summed E-state index contributed by atoms with van der Waals surface area (Å²) < 4.78 is 0.999. The predicted molar refractivity (Wildman–Crippen MR) is 79.4 cm³/mol. The number of amides is 1. The first kappa shape index (κ1) is 15.5. The van der Waals surface area contributed by atoms with Crippen molar-refractivity contribution in [1.82, 2.24) is 10.2 Å². The van der Waals surface area contributed by atoms with Crippen molar-refractivity contribution in [2.75, 3.05) is 20.1 Å². The molecule has 1 amide bonds. The van der Waals surface area contributed by atoms with E-state index in [2.05, 4.69) is 21.2 Å². The Morgan fingerprint density at radius 1 is 1.28 bits per heavy atom. The summed E-state index contributed by atoms with van der Waals surface area (Å²) in [5, 5.41) is 3.31. The minimum absolute atomic E-state index is 0. The molecule has 18 heavy (non-hydrogen) atoms. The SMILES string of the molecule is CN(C(=O)c1ccc(Br)cc1)C1CCNCC1.Cl. The number of halogens is 2. The second-order valence-electron chi connectivity index (χ2n) is 4.40. The third-order valence-electron chi connectivity index (χ3n) is 3.27. The molecular formula is C13H18BrClN2O. The van der Waals surface area contributed by atoms with Crippen molar-refractivity contribution in [3.05, 3.63) is 34.3 Å². The zero-order chi connectivity index (χ0) is 12.3. The van der Waals surface area contributed by atoms with Gasteiger partial charge in [0.2, 0.25) is 0 Å². The molecule has 3 nitrogen and oxygen atoms in total. The van der Waals surface area contributed by atoms with Crippen molar-refractivity contribution in [3.63, 3.8) is 0 Å². The fourth-order valence-electron chi connectivity index (χ4n) is 2.16. The van der Waals surface area contributed by atoms with Crippen LogP contribution in [0.2, 0.25) is 0 Å². The van der Waals surface area contributed by atoms with Gasteiger partial charge < -0.3 is 10.2 Å². The average molecular weight is 334 g/mol. The summed E-state index contributed by atoms with van der Waals surface area (Å²) in [5.41, 5.74) is 0.759. The van der Waals surface area contributed by atoms with Crippen molar-refractivity contribution in [2.24, 2.45) is 0 Å². The summed E-state index contributed by atoms with van der Waals surface area (Å²) in [5.74, 6) is 0.115. The van der Waals surface area contributed by atoms with Crippen LogP contribution >= 0.6 is 28.3 Å². The molecule has 0 atom stereocenters. The normalized spacial score (nSPS) is 15.9. The summed E-state index contributed by atoms with van der Waals surface area (Å²) in [6, 6.07) is 7.91. The van der Waals surface area contributed by atoms with Crippen LogP contribution in [-0.2, 0) is 0 Å². The van der Waals surface area contributed by atoms with Gasteiger partial charge in [-0.05, 0) is 50.2 Å². The van der Waals surface area contributed by atoms with Crippen LogP contribution in [0.25, 0.3) is 0 Å². The van der Waals surface area contributed by atoms with E-state index in [0.29, 0.717) is 6.04 Å². The van der Waals surface area contributed by atoms with E-state index in [1.807, 2.05) is 36.2 Å². The van der Waals surface area contributed by atoms with E-state index in [-0.39, 0.29) is 18.3 Å². The monoisotopic (exact) mass is 332 g/mol. The van der Waals surface area contributed by atoms with Gasteiger partial charge in [0.1, 0.15) is 0 Å². The number of benzene rings is 1. The second kappa shape index (κ2) is 7.12. The summed E-state index contributed by atoms with van der Waals surface area (Å²) in [7, 11) is 1.90. The van der Waals surface area contributed by atoms with Crippen molar-refractivity contribution < 1.29 is 4.79 Å². The number of rotatable bonds is 2. The Bertz CT molecular complexity index is 390. The van der Waals surface area contributed by atoms with Gasteiger partial charge >= 0.3 is 0 Å². The molecule has 1 aliphatic rings. The number of carbonyl (C=O) groups excluding carboxylic acids is 1. The van der Waals surface area contributed by atoms with Crippen molar-refractivity contribution in [1.29, 1.82) is 0 Å². The Morgan fingerprint density at radius 3 is 2.39 bits per heavy atom. The highest BCUT2D eigenvalue weighted by molar-refractivity contribution is 9.10. The molecule has 0 bridgehead atoms. The van der Waals surface area contributed by atoms with Crippen LogP contribution < -0.4 is 5.32 Å². The highest BCUT2D eigenvalue weighted by Gasteiger charge is 2.22. The Morgan fingerprint density at radius 2 is 1.83 bits per heavy atom. The van der Waals surface area contributed by atoms with Gasteiger partial charge in [0, 0.05) is 23.1 Å². The number of piperidine rings is 1. The van der Waals surface area contributed by atoms with Gasteiger partial charge in [0.25, 0.3) is 5.91 Å². The molecule has 1 saturated heterocycles. The Balaban J connectivity index is 0.00000162. The van der Waals surface area contributed by atoms with E-state index in [1.54, 1.807) is 0 Å². The Kier molecular flexibility index (Phi) is 6.12. The molecular weight excluding hydrogens is 316 g/mol. The van der Waals surface area contributed by atoms with Crippen LogP contribution in [0.3, 0.4) is 0 Å². The summed E-state index contributed by atoms with van der Waals surface area (Å²) >= 11 is 3.38. The summed E-state index contributed by atoms with van der Waals surface area (Å²) in [4.78, 5) is 14.1. The lowest BCUT2D eigenvalue weighted by molar-refractivity contribution is 0.0703. The molecule has 1 aliphatic heterocycles. The first-order valence-corrected chi connectivity index (χ1v) is 6.71. The van der Waals surface area contributed by atoms with Crippen molar-refractivity contribution in [2.45, 2.75) is 18.9 Å². The van der Waals surface area contributed by atoms with Gasteiger partial charge in [-0.1, -0.05) is 15.9 Å². The molecule has 1 N–H and O–H groups in total. The zero-order valence-corrected chi connectivity index (χ0v) is 12.8. The standard InChI is InChI=1S/C13H17BrN2O.ClH/c1-16(12-6-8-15-9-7-12)13(17)10-2-4-11(14)5-3-10;/h2-5,12,15H,6-9H2,1H3;1H. The fraction of sp³-hybridized carbons (Fsp3) is 0.462. The molecule has 0 unspecified atom stereocenters. The van der Waals surface area contributed by atoms with Gasteiger partial charge in [-0.25, -0.2) is 0 Å². The molecule has 0 radical (unpaired) electrons. The third kappa shape index (κ3) is 3.70. The molecule has 2 rings (SSSR count). The van der Waals surface area contributed by atoms with E-state index in [4.69, 9.17) is 0 Å². The first-order valence-electron chi connectivity index (χ1n) is 5.92. The van der Waals surface area contributed by atoms with Crippen molar-refractivity contribution in [3.8, 4) is 0 Å². The zero-order valence-electron chi connectivity index (χ0n) is 10.4.